The molecule has 8 nitrogen and oxygen atoms in total. The van der Waals surface area contributed by atoms with Crippen molar-refractivity contribution in [3.63, 3.8) is 0 Å². The summed E-state index contributed by atoms with van der Waals surface area (Å²) in [7, 11) is 0. The minimum Gasteiger partial charge on any atom is -0.477 e. The summed E-state index contributed by atoms with van der Waals surface area (Å²) in [6.45, 7) is 1.82. The molecule has 0 atom stereocenters. The molecule has 0 fully saturated rings. The molecule has 162 valence electrons. The quantitative estimate of drug-likeness (QED) is 0.418. The van der Waals surface area contributed by atoms with Crippen LogP contribution in [0.25, 0.3) is 10.9 Å². The lowest BCUT2D eigenvalue weighted by Crippen LogP contribution is -2.44. The highest BCUT2D eigenvalue weighted by Crippen LogP contribution is 2.26. The van der Waals surface area contributed by atoms with Crippen LogP contribution in [0.3, 0.4) is 0 Å². The van der Waals surface area contributed by atoms with Crippen LogP contribution in [0, 0.1) is 0 Å². The standard InChI is InChI=1S/C14H15N3O2.C10H7NO2/c15-6-8-1-2-9-3-4-17(7-10(9)5-8)12-11(16)13(18)14(12)19;12-10(13)9-6-5-7-3-1-2-4-8(7)11-9/h1-2,5H,3-4,6-7,15-16H2;1-6H,(H,12,13). The first-order valence-corrected chi connectivity index (χ1v) is 10.1. The average Bonchev–Trinajstić information content (AvgIpc) is 2.83. The van der Waals surface area contributed by atoms with Gasteiger partial charge in [-0.2, -0.15) is 0 Å². The Kier molecular flexibility index (Phi) is 5.70. The fourth-order valence-corrected chi connectivity index (χ4v) is 3.82. The smallest absolute Gasteiger partial charge is 0.354 e. The van der Waals surface area contributed by atoms with Crippen LogP contribution in [-0.2, 0) is 19.5 Å². The molecule has 8 heteroatoms. The van der Waals surface area contributed by atoms with E-state index >= 15 is 0 Å². The maximum Gasteiger partial charge on any atom is 0.354 e. The van der Waals surface area contributed by atoms with Gasteiger partial charge in [-0.3, -0.25) is 9.59 Å². The molecule has 0 unspecified atom stereocenters. The van der Waals surface area contributed by atoms with Crippen LogP contribution in [0.1, 0.15) is 27.2 Å². The number of rotatable bonds is 3. The van der Waals surface area contributed by atoms with Crippen molar-refractivity contribution in [2.45, 2.75) is 19.5 Å². The number of aromatic nitrogens is 1. The van der Waals surface area contributed by atoms with Gasteiger partial charge >= 0.3 is 5.97 Å². The Labute approximate surface area is 183 Å². The Bertz CT molecular complexity index is 1390. The van der Waals surface area contributed by atoms with Crippen molar-refractivity contribution in [2.24, 2.45) is 5.73 Å². The predicted molar refractivity (Wildman–Crippen MR) is 124 cm³/mol. The van der Waals surface area contributed by atoms with Crippen LogP contribution in [0.15, 0.2) is 64.2 Å². The number of nitrogen functional groups attached to an aromatic ring is 1. The summed E-state index contributed by atoms with van der Waals surface area (Å²) >= 11 is 0. The Morgan fingerprint density at radius 3 is 2.53 bits per heavy atom. The lowest BCUT2D eigenvalue weighted by Gasteiger charge is -2.31. The highest BCUT2D eigenvalue weighted by atomic mass is 16.4. The van der Waals surface area contributed by atoms with E-state index in [9.17, 15) is 14.4 Å². The Hall–Kier alpha value is -4.04. The van der Waals surface area contributed by atoms with Crippen LogP contribution in [0.2, 0.25) is 0 Å². The van der Waals surface area contributed by atoms with E-state index in [4.69, 9.17) is 16.6 Å². The minimum absolute atomic E-state index is 0.0821. The second-order valence-corrected chi connectivity index (χ2v) is 7.59. The molecule has 0 aliphatic carbocycles. The third kappa shape index (κ3) is 3.95. The van der Waals surface area contributed by atoms with Crippen LogP contribution in [0.5, 0.6) is 0 Å². The third-order valence-electron chi connectivity index (χ3n) is 5.57. The number of hydrogen-bond acceptors (Lipinski definition) is 7. The number of pyridine rings is 1. The number of carboxylic acid groups (broad SMARTS) is 1. The maximum atomic E-state index is 11.6. The highest BCUT2D eigenvalue weighted by Gasteiger charge is 2.26. The lowest BCUT2D eigenvalue weighted by atomic mass is 9.96. The molecule has 32 heavy (non-hydrogen) atoms. The average molecular weight is 430 g/mol. The molecule has 0 amide bonds. The molecule has 2 heterocycles. The van der Waals surface area contributed by atoms with E-state index in [0.29, 0.717) is 30.8 Å². The zero-order chi connectivity index (χ0) is 22.8. The molecule has 5 N–H and O–H groups in total. The summed E-state index contributed by atoms with van der Waals surface area (Å²) in [5.41, 5.74) is 15.0. The Morgan fingerprint density at radius 1 is 1.03 bits per heavy atom. The second-order valence-electron chi connectivity index (χ2n) is 7.59. The van der Waals surface area contributed by atoms with Gasteiger partial charge < -0.3 is 21.5 Å². The van der Waals surface area contributed by atoms with Crippen molar-refractivity contribution in [1.82, 2.24) is 4.98 Å². The van der Waals surface area contributed by atoms with Crippen LogP contribution >= 0.6 is 0 Å². The molecule has 0 radical (unpaired) electrons. The summed E-state index contributed by atoms with van der Waals surface area (Å²) in [5, 5.41) is 9.63. The summed E-state index contributed by atoms with van der Waals surface area (Å²) in [6.07, 6.45) is 0.846. The monoisotopic (exact) mass is 430 g/mol. The van der Waals surface area contributed by atoms with Gasteiger partial charge in [0.05, 0.1) is 5.52 Å². The lowest BCUT2D eigenvalue weighted by molar-refractivity contribution is 0.0691. The van der Waals surface area contributed by atoms with Gasteiger partial charge in [-0.1, -0.05) is 42.5 Å². The van der Waals surface area contributed by atoms with Crippen molar-refractivity contribution < 1.29 is 9.90 Å². The van der Waals surface area contributed by atoms with Gasteiger partial charge in [0.2, 0.25) is 0 Å². The number of hydrogen-bond donors (Lipinski definition) is 3. The van der Waals surface area contributed by atoms with Gasteiger partial charge in [0.1, 0.15) is 17.1 Å². The van der Waals surface area contributed by atoms with Gasteiger partial charge in [0.25, 0.3) is 10.9 Å². The molecule has 0 bridgehead atoms. The molecule has 1 aliphatic rings. The molecule has 0 spiro atoms. The number of nitrogens with zero attached hydrogens (tertiary/aromatic N) is 2. The van der Waals surface area contributed by atoms with Gasteiger partial charge in [-0.25, -0.2) is 9.78 Å². The van der Waals surface area contributed by atoms with Crippen molar-refractivity contribution in [3.8, 4) is 0 Å². The molecule has 4 aromatic rings. The molecule has 5 rings (SSSR count). The SMILES string of the molecule is NCc1ccc2c(c1)CN(c1c(N)c(=O)c1=O)CC2.O=C(O)c1ccc2ccccc2n1. The first kappa shape index (κ1) is 21.2. The predicted octanol–water partition coefficient (Wildman–Crippen LogP) is 1.82. The number of fused-ring (bicyclic) bond motifs is 2. The van der Waals surface area contributed by atoms with Gasteiger partial charge in [0, 0.05) is 25.0 Å². The van der Waals surface area contributed by atoms with E-state index in [2.05, 4.69) is 17.1 Å². The number of carbonyl (C=O) groups is 1. The van der Waals surface area contributed by atoms with Crippen molar-refractivity contribution in [3.05, 3.63) is 97.4 Å². The van der Waals surface area contributed by atoms with E-state index in [1.54, 1.807) is 12.1 Å². The van der Waals surface area contributed by atoms with Crippen LogP contribution < -0.4 is 27.2 Å². The van der Waals surface area contributed by atoms with Crippen molar-refractivity contribution >= 4 is 28.2 Å². The Balaban J connectivity index is 0.000000165. The zero-order valence-corrected chi connectivity index (χ0v) is 17.2. The van der Waals surface area contributed by atoms with Gasteiger partial charge in [-0.15, -0.1) is 0 Å². The number of anilines is 2. The van der Waals surface area contributed by atoms with E-state index in [0.717, 1.165) is 22.9 Å². The molecular formula is C24H22N4O4. The Morgan fingerprint density at radius 2 is 1.81 bits per heavy atom. The molecule has 1 aromatic heterocycles. The van der Waals surface area contributed by atoms with E-state index in [1.165, 1.54) is 11.6 Å². The number of aromatic carboxylic acids is 1. The zero-order valence-electron chi connectivity index (χ0n) is 17.2. The second kappa shape index (κ2) is 8.60. The first-order valence-electron chi connectivity index (χ1n) is 10.1. The van der Waals surface area contributed by atoms with Crippen molar-refractivity contribution in [2.75, 3.05) is 17.2 Å². The highest BCUT2D eigenvalue weighted by molar-refractivity contribution is 5.89. The number of nitrogens with two attached hydrogens (primary N) is 2. The normalized spacial score (nSPS) is 12.8. The van der Waals surface area contributed by atoms with Gasteiger partial charge in [-0.05, 0) is 35.2 Å². The molecule has 0 saturated heterocycles. The summed E-state index contributed by atoms with van der Waals surface area (Å²) in [5.74, 6) is -0.995. The van der Waals surface area contributed by atoms with Crippen LogP contribution in [0.4, 0.5) is 11.4 Å². The van der Waals surface area contributed by atoms with Gasteiger partial charge in [0.15, 0.2) is 0 Å². The summed E-state index contributed by atoms with van der Waals surface area (Å²) in [6, 6.07) is 16.8. The number of para-hydroxylation sites is 1. The van der Waals surface area contributed by atoms with Crippen molar-refractivity contribution in [1.29, 1.82) is 0 Å². The number of carboxylic acids is 1. The van der Waals surface area contributed by atoms with E-state index in [-0.39, 0.29) is 11.4 Å². The maximum absolute atomic E-state index is 11.6. The minimum atomic E-state index is -0.995. The fourth-order valence-electron chi connectivity index (χ4n) is 3.82. The largest absolute Gasteiger partial charge is 0.477 e. The molecular weight excluding hydrogens is 408 g/mol. The molecule has 3 aromatic carbocycles. The molecule has 1 aliphatic heterocycles. The van der Waals surface area contributed by atoms with E-state index in [1.807, 2.05) is 29.2 Å². The number of benzene rings is 2. The van der Waals surface area contributed by atoms with E-state index < -0.39 is 16.8 Å². The molecule has 0 saturated carbocycles. The third-order valence-corrected chi connectivity index (χ3v) is 5.57. The fraction of sp³-hybridized carbons (Fsp3) is 0.167. The van der Waals surface area contributed by atoms with Crippen LogP contribution in [-0.4, -0.2) is 22.6 Å². The summed E-state index contributed by atoms with van der Waals surface area (Å²) < 4.78 is 0. The topological polar surface area (TPSA) is 140 Å². The first-order chi connectivity index (χ1) is 15.4. The summed E-state index contributed by atoms with van der Waals surface area (Å²) in [4.78, 5) is 39.2.